The molecule has 0 aromatic rings. The molecule has 0 radical (unpaired) electrons. The van der Waals surface area contributed by atoms with E-state index in [1.54, 1.807) is 0 Å². The molecule has 0 saturated heterocycles. The fraction of sp³-hybridized carbons (Fsp3) is 0.714. The summed E-state index contributed by atoms with van der Waals surface area (Å²) in [7, 11) is 0. The third-order valence-electron chi connectivity index (χ3n) is 1.25. The van der Waals surface area contributed by atoms with E-state index in [-0.39, 0.29) is 5.12 Å². The van der Waals surface area contributed by atoms with Crippen LogP contribution in [0.15, 0.2) is 0 Å². The molecular weight excluding hydrogens is 178 g/mol. The van der Waals surface area contributed by atoms with Gasteiger partial charge in [-0.1, -0.05) is 11.8 Å². The van der Waals surface area contributed by atoms with Crippen LogP contribution in [0.5, 0.6) is 0 Å². The molecule has 5 heteroatoms. The topological polar surface area (TPSA) is 80.4 Å². The summed E-state index contributed by atoms with van der Waals surface area (Å²) >= 11 is 0.854. The third-order valence-corrected chi connectivity index (χ3v) is 2.31. The van der Waals surface area contributed by atoms with Gasteiger partial charge in [-0.05, 0) is 19.4 Å². The maximum absolute atomic E-state index is 10.6. The van der Waals surface area contributed by atoms with Crippen molar-refractivity contribution in [1.29, 1.82) is 0 Å². The molecule has 0 aromatic carbocycles. The summed E-state index contributed by atoms with van der Waals surface area (Å²) in [5, 5.41) is 7.83. The first-order valence-electron chi connectivity index (χ1n) is 3.68. The predicted octanol–water partition coefficient (Wildman–Crippen LogP) is 0.458. The monoisotopic (exact) mass is 191 g/mol. The summed E-state index contributed by atoms with van der Waals surface area (Å²) in [4.78, 5) is 21.1. The minimum atomic E-state index is -0.941. The SMILES string of the molecule is CC(=O)SC(CCCN)C(=O)O. The first kappa shape index (κ1) is 11.4. The molecule has 0 aliphatic heterocycles. The number of nitrogens with two attached hydrogens (primary N) is 1. The average Bonchev–Trinajstić information content (AvgIpc) is 1.96. The van der Waals surface area contributed by atoms with Gasteiger partial charge in [0.25, 0.3) is 0 Å². The van der Waals surface area contributed by atoms with Gasteiger partial charge >= 0.3 is 5.97 Å². The van der Waals surface area contributed by atoms with Crippen molar-refractivity contribution in [2.45, 2.75) is 25.0 Å². The highest BCUT2D eigenvalue weighted by Gasteiger charge is 2.18. The zero-order chi connectivity index (χ0) is 9.56. The van der Waals surface area contributed by atoms with Crippen molar-refractivity contribution in [3.05, 3.63) is 0 Å². The molecule has 1 atom stereocenters. The van der Waals surface area contributed by atoms with Crippen LogP contribution in [0.4, 0.5) is 0 Å². The lowest BCUT2D eigenvalue weighted by Crippen LogP contribution is -2.19. The molecule has 0 aliphatic rings. The van der Waals surface area contributed by atoms with Crippen molar-refractivity contribution >= 4 is 22.8 Å². The van der Waals surface area contributed by atoms with E-state index in [0.717, 1.165) is 11.8 Å². The highest BCUT2D eigenvalue weighted by atomic mass is 32.2. The Balaban J connectivity index is 3.87. The van der Waals surface area contributed by atoms with Gasteiger partial charge in [-0.15, -0.1) is 0 Å². The second-order valence-corrected chi connectivity index (χ2v) is 3.75. The first-order valence-corrected chi connectivity index (χ1v) is 4.56. The number of carboxylic acid groups (broad SMARTS) is 1. The smallest absolute Gasteiger partial charge is 0.317 e. The van der Waals surface area contributed by atoms with Crippen molar-refractivity contribution in [3.63, 3.8) is 0 Å². The zero-order valence-electron chi connectivity index (χ0n) is 6.95. The molecule has 70 valence electrons. The molecule has 0 aromatic heterocycles. The van der Waals surface area contributed by atoms with E-state index in [4.69, 9.17) is 10.8 Å². The van der Waals surface area contributed by atoms with Gasteiger partial charge in [-0.3, -0.25) is 9.59 Å². The fourth-order valence-corrected chi connectivity index (χ4v) is 1.52. The normalized spacial score (nSPS) is 12.5. The van der Waals surface area contributed by atoms with Gasteiger partial charge in [0, 0.05) is 6.92 Å². The number of aliphatic carboxylic acids is 1. The lowest BCUT2D eigenvalue weighted by atomic mass is 10.2. The Hall–Kier alpha value is -0.550. The van der Waals surface area contributed by atoms with Crippen LogP contribution in [-0.4, -0.2) is 28.0 Å². The summed E-state index contributed by atoms with van der Waals surface area (Å²) in [6.45, 7) is 1.82. The standard InChI is InChI=1S/C7H13NO3S/c1-5(9)12-6(7(10)11)3-2-4-8/h6H,2-4,8H2,1H3,(H,10,11). The maximum atomic E-state index is 10.6. The van der Waals surface area contributed by atoms with Gasteiger partial charge in [0.05, 0.1) is 0 Å². The predicted molar refractivity (Wildman–Crippen MR) is 48.0 cm³/mol. The minimum Gasteiger partial charge on any atom is -0.480 e. The second-order valence-electron chi connectivity index (χ2n) is 2.37. The average molecular weight is 191 g/mol. The van der Waals surface area contributed by atoms with Gasteiger partial charge in [0.2, 0.25) is 0 Å². The van der Waals surface area contributed by atoms with E-state index in [1.807, 2.05) is 0 Å². The quantitative estimate of drug-likeness (QED) is 0.659. The van der Waals surface area contributed by atoms with Crippen molar-refractivity contribution in [2.75, 3.05) is 6.54 Å². The molecule has 0 spiro atoms. The van der Waals surface area contributed by atoms with E-state index >= 15 is 0 Å². The number of carbonyl (C=O) groups excluding carboxylic acids is 1. The van der Waals surface area contributed by atoms with Gasteiger partial charge < -0.3 is 10.8 Å². The van der Waals surface area contributed by atoms with E-state index < -0.39 is 11.2 Å². The van der Waals surface area contributed by atoms with E-state index in [0.29, 0.717) is 19.4 Å². The highest BCUT2D eigenvalue weighted by Crippen LogP contribution is 2.16. The molecular formula is C7H13NO3S. The molecule has 1 unspecified atom stereocenters. The number of carbonyl (C=O) groups is 2. The van der Waals surface area contributed by atoms with Gasteiger partial charge in [0.1, 0.15) is 5.25 Å². The number of thioether (sulfide) groups is 1. The van der Waals surface area contributed by atoms with Crippen LogP contribution in [0, 0.1) is 0 Å². The van der Waals surface area contributed by atoms with E-state index in [1.165, 1.54) is 6.92 Å². The van der Waals surface area contributed by atoms with E-state index in [2.05, 4.69) is 0 Å². The fourth-order valence-electron chi connectivity index (χ4n) is 0.736. The highest BCUT2D eigenvalue weighted by molar-refractivity contribution is 8.14. The lowest BCUT2D eigenvalue weighted by molar-refractivity contribution is -0.136. The Labute approximate surface area is 75.5 Å². The number of carboxylic acids is 1. The minimum absolute atomic E-state index is 0.167. The second kappa shape index (κ2) is 6.02. The van der Waals surface area contributed by atoms with Crippen LogP contribution >= 0.6 is 11.8 Å². The number of rotatable bonds is 5. The third kappa shape index (κ3) is 5.15. The van der Waals surface area contributed by atoms with Gasteiger partial charge in [0.15, 0.2) is 5.12 Å². The molecule has 0 heterocycles. The summed E-state index contributed by atoms with van der Waals surface area (Å²) in [5.41, 5.74) is 5.22. The van der Waals surface area contributed by atoms with Crippen LogP contribution in [0.3, 0.4) is 0 Å². The van der Waals surface area contributed by atoms with Gasteiger partial charge in [-0.25, -0.2) is 0 Å². The van der Waals surface area contributed by atoms with Gasteiger partial charge in [-0.2, -0.15) is 0 Å². The Bertz CT molecular complexity index is 172. The van der Waals surface area contributed by atoms with Crippen molar-refractivity contribution in [3.8, 4) is 0 Å². The Morgan fingerprint density at radius 1 is 1.58 bits per heavy atom. The molecule has 4 nitrogen and oxygen atoms in total. The number of hydrogen-bond donors (Lipinski definition) is 2. The van der Waals surface area contributed by atoms with Crippen molar-refractivity contribution in [1.82, 2.24) is 0 Å². The van der Waals surface area contributed by atoms with Crippen LogP contribution in [-0.2, 0) is 9.59 Å². The van der Waals surface area contributed by atoms with Crippen LogP contribution in [0.25, 0.3) is 0 Å². The van der Waals surface area contributed by atoms with E-state index in [9.17, 15) is 9.59 Å². The Morgan fingerprint density at radius 3 is 2.50 bits per heavy atom. The summed E-state index contributed by atoms with van der Waals surface area (Å²) < 4.78 is 0. The zero-order valence-corrected chi connectivity index (χ0v) is 7.76. The van der Waals surface area contributed by atoms with Crippen LogP contribution in [0.2, 0.25) is 0 Å². The summed E-state index contributed by atoms with van der Waals surface area (Å²) in [6, 6.07) is 0. The number of hydrogen-bond acceptors (Lipinski definition) is 4. The molecule has 0 aliphatic carbocycles. The summed E-state index contributed by atoms with van der Waals surface area (Å²) in [5.74, 6) is -0.941. The molecule has 0 amide bonds. The maximum Gasteiger partial charge on any atom is 0.317 e. The van der Waals surface area contributed by atoms with Crippen LogP contribution in [0.1, 0.15) is 19.8 Å². The van der Waals surface area contributed by atoms with Crippen molar-refractivity contribution in [2.24, 2.45) is 5.73 Å². The molecule has 0 rings (SSSR count). The molecule has 0 saturated carbocycles. The van der Waals surface area contributed by atoms with Crippen LogP contribution < -0.4 is 5.73 Å². The lowest BCUT2D eigenvalue weighted by Gasteiger charge is -2.07. The van der Waals surface area contributed by atoms with Crippen molar-refractivity contribution < 1.29 is 14.7 Å². The summed E-state index contributed by atoms with van der Waals surface area (Å²) in [6.07, 6.45) is 1.09. The largest absolute Gasteiger partial charge is 0.480 e. The molecule has 3 N–H and O–H groups in total. The molecule has 0 fully saturated rings. The first-order chi connectivity index (χ1) is 5.57. The Kier molecular flexibility index (Phi) is 5.74. The molecule has 0 bridgehead atoms. The molecule has 12 heavy (non-hydrogen) atoms. The Morgan fingerprint density at radius 2 is 2.17 bits per heavy atom.